The fraction of sp³-hybridized carbons (Fsp3) is 0.267. The number of rotatable bonds is 3. The van der Waals surface area contributed by atoms with E-state index < -0.39 is 5.97 Å². The molecule has 0 saturated carbocycles. The number of carbonyl (C=O) groups is 1. The summed E-state index contributed by atoms with van der Waals surface area (Å²) in [5.74, 6) is -0.873. The molecule has 4 heteroatoms. The highest BCUT2D eigenvalue weighted by Gasteiger charge is 2.18. The van der Waals surface area contributed by atoms with Crippen LogP contribution in [-0.2, 0) is 0 Å². The Hall–Kier alpha value is -1.55. The number of aryl methyl sites for hydroxylation is 1. The van der Waals surface area contributed by atoms with Gasteiger partial charge in [-0.15, -0.1) is 0 Å². The highest BCUT2D eigenvalue weighted by atomic mass is 79.9. The van der Waals surface area contributed by atoms with E-state index in [4.69, 9.17) is 0 Å². The van der Waals surface area contributed by atoms with Gasteiger partial charge in [-0.2, -0.15) is 0 Å². The summed E-state index contributed by atoms with van der Waals surface area (Å²) in [6.07, 6.45) is 0. The van der Waals surface area contributed by atoms with Crippen molar-refractivity contribution in [3.05, 3.63) is 57.3 Å². The second-order valence-electron chi connectivity index (χ2n) is 4.69. The monoisotopic (exact) mass is 321 g/mol. The highest BCUT2D eigenvalue weighted by Crippen LogP contribution is 2.26. The van der Waals surface area contributed by atoms with E-state index in [1.807, 2.05) is 38.1 Å². The lowest BCUT2D eigenvalue weighted by molar-refractivity contribution is 0.0696. The van der Waals surface area contributed by atoms with E-state index in [9.17, 15) is 9.90 Å². The zero-order valence-corrected chi connectivity index (χ0v) is 12.7. The van der Waals surface area contributed by atoms with Gasteiger partial charge in [0.15, 0.2) is 0 Å². The molecule has 1 aromatic carbocycles. The predicted molar refractivity (Wildman–Crippen MR) is 78.8 cm³/mol. The van der Waals surface area contributed by atoms with Gasteiger partial charge in [0.05, 0.1) is 11.6 Å². The number of aromatic nitrogens is 1. The van der Waals surface area contributed by atoms with Gasteiger partial charge in [0.2, 0.25) is 0 Å². The summed E-state index contributed by atoms with van der Waals surface area (Å²) in [4.78, 5) is 11.2. The van der Waals surface area contributed by atoms with Gasteiger partial charge in [-0.1, -0.05) is 28.1 Å². The summed E-state index contributed by atoms with van der Waals surface area (Å²) < 4.78 is 3.10. The molecule has 1 atom stereocenters. The molecule has 0 bridgehead atoms. The lowest BCUT2D eigenvalue weighted by Crippen LogP contribution is -2.11. The molecule has 0 amide bonds. The van der Waals surface area contributed by atoms with E-state index in [0.29, 0.717) is 5.56 Å². The average molecular weight is 322 g/mol. The zero-order valence-electron chi connectivity index (χ0n) is 11.1. The third kappa shape index (κ3) is 2.59. The van der Waals surface area contributed by atoms with Crippen LogP contribution in [0.1, 0.15) is 40.3 Å². The van der Waals surface area contributed by atoms with Crippen molar-refractivity contribution in [1.82, 2.24) is 4.57 Å². The summed E-state index contributed by atoms with van der Waals surface area (Å²) in [5, 5.41) is 9.17. The second kappa shape index (κ2) is 5.21. The van der Waals surface area contributed by atoms with Crippen LogP contribution in [0.2, 0.25) is 0 Å². The molecule has 2 rings (SSSR count). The van der Waals surface area contributed by atoms with Crippen molar-refractivity contribution < 1.29 is 9.90 Å². The molecule has 1 heterocycles. The first-order valence-corrected chi connectivity index (χ1v) is 6.88. The minimum absolute atomic E-state index is 0.112. The third-order valence-corrected chi connectivity index (χ3v) is 3.98. The number of hydrogen-bond acceptors (Lipinski definition) is 1. The van der Waals surface area contributed by atoms with Crippen LogP contribution in [0.15, 0.2) is 34.8 Å². The van der Waals surface area contributed by atoms with E-state index in [-0.39, 0.29) is 6.04 Å². The standard InChI is InChI=1S/C15H16BrNO2/c1-9-8-14(15(18)19)11(3)17(9)10(2)12-4-6-13(16)7-5-12/h4-8,10H,1-3H3,(H,18,19). The largest absolute Gasteiger partial charge is 0.478 e. The lowest BCUT2D eigenvalue weighted by atomic mass is 10.1. The average Bonchev–Trinajstić information content (AvgIpc) is 2.65. The number of carboxylic acids is 1. The van der Waals surface area contributed by atoms with Gasteiger partial charge in [-0.05, 0) is 44.5 Å². The molecule has 0 aliphatic heterocycles. The Balaban J connectivity index is 2.47. The number of carboxylic acid groups (broad SMARTS) is 1. The van der Waals surface area contributed by atoms with Crippen LogP contribution in [0.25, 0.3) is 0 Å². The molecule has 0 radical (unpaired) electrons. The molecular weight excluding hydrogens is 306 g/mol. The minimum atomic E-state index is -0.873. The van der Waals surface area contributed by atoms with E-state index in [1.54, 1.807) is 6.07 Å². The topological polar surface area (TPSA) is 42.2 Å². The number of hydrogen-bond donors (Lipinski definition) is 1. The molecule has 19 heavy (non-hydrogen) atoms. The smallest absolute Gasteiger partial charge is 0.337 e. The van der Waals surface area contributed by atoms with Gasteiger partial charge in [0.1, 0.15) is 0 Å². The Morgan fingerprint density at radius 2 is 1.84 bits per heavy atom. The molecule has 100 valence electrons. The van der Waals surface area contributed by atoms with Crippen LogP contribution in [0.3, 0.4) is 0 Å². The first-order valence-electron chi connectivity index (χ1n) is 6.09. The van der Waals surface area contributed by atoms with Crippen molar-refractivity contribution >= 4 is 21.9 Å². The number of aromatic carboxylic acids is 1. The summed E-state index contributed by atoms with van der Waals surface area (Å²) in [6, 6.07) is 9.94. The van der Waals surface area contributed by atoms with Crippen LogP contribution in [0, 0.1) is 13.8 Å². The molecule has 0 saturated heterocycles. The molecule has 0 fully saturated rings. The van der Waals surface area contributed by atoms with Gasteiger partial charge in [0.25, 0.3) is 0 Å². The van der Waals surface area contributed by atoms with Crippen LogP contribution in [0.4, 0.5) is 0 Å². The maximum atomic E-state index is 11.2. The summed E-state index contributed by atoms with van der Waals surface area (Å²) in [6.45, 7) is 5.87. The quantitative estimate of drug-likeness (QED) is 0.921. The summed E-state index contributed by atoms with van der Waals surface area (Å²) in [7, 11) is 0. The van der Waals surface area contributed by atoms with E-state index in [0.717, 1.165) is 21.4 Å². The van der Waals surface area contributed by atoms with Crippen LogP contribution < -0.4 is 0 Å². The van der Waals surface area contributed by atoms with Crippen LogP contribution in [0.5, 0.6) is 0 Å². The first kappa shape index (κ1) is 13.9. The van der Waals surface area contributed by atoms with Crippen molar-refractivity contribution in [2.75, 3.05) is 0 Å². The Kier molecular flexibility index (Phi) is 3.80. The maximum Gasteiger partial charge on any atom is 0.337 e. The van der Waals surface area contributed by atoms with E-state index in [2.05, 4.69) is 27.4 Å². The van der Waals surface area contributed by atoms with Crippen molar-refractivity contribution in [3.8, 4) is 0 Å². The molecular formula is C15H16BrNO2. The molecule has 1 aromatic heterocycles. The van der Waals surface area contributed by atoms with Gasteiger partial charge in [-0.25, -0.2) is 4.79 Å². The Labute approximate surface area is 121 Å². The maximum absolute atomic E-state index is 11.2. The first-order chi connectivity index (χ1) is 8.91. The zero-order chi connectivity index (χ0) is 14.2. The summed E-state index contributed by atoms with van der Waals surface area (Å²) >= 11 is 3.42. The van der Waals surface area contributed by atoms with E-state index in [1.165, 1.54) is 0 Å². The minimum Gasteiger partial charge on any atom is -0.478 e. The van der Waals surface area contributed by atoms with Crippen LogP contribution >= 0.6 is 15.9 Å². The molecule has 1 N–H and O–H groups in total. The van der Waals surface area contributed by atoms with Crippen molar-refractivity contribution in [2.45, 2.75) is 26.8 Å². The normalized spacial score (nSPS) is 12.4. The third-order valence-electron chi connectivity index (χ3n) is 3.45. The fourth-order valence-corrected chi connectivity index (χ4v) is 2.74. The Bertz CT molecular complexity index is 614. The van der Waals surface area contributed by atoms with Gasteiger partial charge < -0.3 is 9.67 Å². The Morgan fingerprint density at radius 3 is 2.32 bits per heavy atom. The molecule has 1 unspecified atom stereocenters. The van der Waals surface area contributed by atoms with Crippen molar-refractivity contribution in [2.24, 2.45) is 0 Å². The number of nitrogens with zero attached hydrogens (tertiary/aromatic N) is 1. The van der Waals surface area contributed by atoms with Gasteiger partial charge >= 0.3 is 5.97 Å². The lowest BCUT2D eigenvalue weighted by Gasteiger charge is -2.19. The van der Waals surface area contributed by atoms with Crippen molar-refractivity contribution in [3.63, 3.8) is 0 Å². The Morgan fingerprint density at radius 1 is 1.26 bits per heavy atom. The molecule has 0 aliphatic rings. The predicted octanol–water partition coefficient (Wildman–Crippen LogP) is 4.17. The van der Waals surface area contributed by atoms with Gasteiger partial charge in [-0.3, -0.25) is 0 Å². The van der Waals surface area contributed by atoms with Gasteiger partial charge in [0, 0.05) is 15.9 Å². The highest BCUT2D eigenvalue weighted by molar-refractivity contribution is 9.10. The van der Waals surface area contributed by atoms with Crippen molar-refractivity contribution in [1.29, 1.82) is 0 Å². The number of benzene rings is 1. The SMILES string of the molecule is Cc1cc(C(=O)O)c(C)n1C(C)c1ccc(Br)cc1. The second-order valence-corrected chi connectivity index (χ2v) is 5.60. The molecule has 0 aliphatic carbocycles. The molecule has 2 aromatic rings. The fourth-order valence-electron chi connectivity index (χ4n) is 2.48. The summed E-state index contributed by atoms with van der Waals surface area (Å²) in [5.41, 5.74) is 3.29. The molecule has 0 spiro atoms. The molecule has 3 nitrogen and oxygen atoms in total. The van der Waals surface area contributed by atoms with E-state index >= 15 is 0 Å². The van der Waals surface area contributed by atoms with Crippen LogP contribution in [-0.4, -0.2) is 15.6 Å². The number of halogens is 1.